The first-order valence-electron chi connectivity index (χ1n) is 5.61. The first-order valence-corrected chi connectivity index (χ1v) is 5.99. The van der Waals surface area contributed by atoms with Crippen LogP contribution in [-0.2, 0) is 18.4 Å². The van der Waals surface area contributed by atoms with E-state index in [1.54, 1.807) is 6.20 Å². The third-order valence-electron chi connectivity index (χ3n) is 3.14. The minimum atomic E-state index is -0.0727. The van der Waals surface area contributed by atoms with E-state index in [0.29, 0.717) is 11.8 Å². The van der Waals surface area contributed by atoms with Gasteiger partial charge in [-0.25, -0.2) is 4.98 Å². The number of nitrogens with zero attached hydrogens (tertiary/aromatic N) is 2. The number of hydrogen-bond donors (Lipinski definition) is 1. The van der Waals surface area contributed by atoms with E-state index >= 15 is 0 Å². The van der Waals surface area contributed by atoms with Crippen molar-refractivity contribution in [3.63, 3.8) is 0 Å². The highest BCUT2D eigenvalue weighted by molar-refractivity contribution is 6.29. The summed E-state index contributed by atoms with van der Waals surface area (Å²) in [4.78, 5) is 4.22. The first-order chi connectivity index (χ1) is 7.61. The molecule has 1 atom stereocenters. The Morgan fingerprint density at radius 2 is 2.50 bits per heavy atom. The molecule has 16 heavy (non-hydrogen) atoms. The highest BCUT2D eigenvalue weighted by atomic mass is 35.5. The number of imidazole rings is 1. The molecule has 5 heteroatoms. The molecule has 0 saturated carbocycles. The van der Waals surface area contributed by atoms with Gasteiger partial charge in [-0.05, 0) is 26.3 Å². The maximum absolute atomic E-state index is 5.95. The maximum atomic E-state index is 5.95. The molecule has 1 aliphatic rings. The lowest BCUT2D eigenvalue weighted by atomic mass is 9.96. The monoisotopic (exact) mass is 243 g/mol. The number of halogens is 1. The van der Waals surface area contributed by atoms with Gasteiger partial charge in [0.05, 0.1) is 11.8 Å². The van der Waals surface area contributed by atoms with E-state index in [1.807, 2.05) is 11.6 Å². The highest BCUT2D eigenvalue weighted by Crippen LogP contribution is 2.22. The standard InChI is InChI=1S/C11H18ClN3O/c1-11(4-3-5-13-8-11)16-7-10-14-6-9(12)15(10)2/h6,13H,3-5,7-8H2,1-2H3. The molecular weight excluding hydrogens is 226 g/mol. The van der Waals surface area contributed by atoms with Crippen molar-refractivity contribution in [2.24, 2.45) is 7.05 Å². The molecule has 0 aromatic carbocycles. The second-order valence-electron chi connectivity index (χ2n) is 4.58. The van der Waals surface area contributed by atoms with Gasteiger partial charge >= 0.3 is 0 Å². The van der Waals surface area contributed by atoms with Gasteiger partial charge in [0.15, 0.2) is 0 Å². The molecule has 2 rings (SSSR count). The van der Waals surface area contributed by atoms with Crippen LogP contribution >= 0.6 is 11.6 Å². The smallest absolute Gasteiger partial charge is 0.135 e. The van der Waals surface area contributed by atoms with Gasteiger partial charge in [0.2, 0.25) is 0 Å². The van der Waals surface area contributed by atoms with E-state index in [0.717, 1.165) is 31.8 Å². The summed E-state index contributed by atoms with van der Waals surface area (Å²) >= 11 is 5.92. The van der Waals surface area contributed by atoms with Gasteiger partial charge in [-0.15, -0.1) is 0 Å². The Kier molecular flexibility index (Phi) is 3.52. The van der Waals surface area contributed by atoms with Crippen molar-refractivity contribution in [3.05, 3.63) is 17.2 Å². The van der Waals surface area contributed by atoms with Crippen LogP contribution < -0.4 is 5.32 Å². The molecule has 0 bridgehead atoms. The Balaban J connectivity index is 1.93. The maximum Gasteiger partial charge on any atom is 0.135 e. The van der Waals surface area contributed by atoms with Gasteiger partial charge in [-0.1, -0.05) is 11.6 Å². The Morgan fingerprint density at radius 3 is 3.06 bits per heavy atom. The molecule has 4 nitrogen and oxygen atoms in total. The number of piperidine rings is 1. The van der Waals surface area contributed by atoms with Crippen molar-refractivity contribution in [2.75, 3.05) is 13.1 Å². The molecule has 1 unspecified atom stereocenters. The largest absolute Gasteiger partial charge is 0.366 e. The van der Waals surface area contributed by atoms with Crippen LogP contribution in [0.3, 0.4) is 0 Å². The van der Waals surface area contributed by atoms with Crippen LogP contribution in [0, 0.1) is 0 Å². The summed E-state index contributed by atoms with van der Waals surface area (Å²) in [5.41, 5.74) is -0.0727. The molecule has 1 aromatic rings. The molecule has 0 amide bonds. The number of aromatic nitrogens is 2. The normalized spacial score (nSPS) is 25.9. The van der Waals surface area contributed by atoms with E-state index in [-0.39, 0.29) is 5.60 Å². The molecule has 2 heterocycles. The van der Waals surface area contributed by atoms with E-state index in [4.69, 9.17) is 16.3 Å². The van der Waals surface area contributed by atoms with Crippen molar-refractivity contribution < 1.29 is 4.74 Å². The van der Waals surface area contributed by atoms with E-state index in [9.17, 15) is 0 Å². The lowest BCUT2D eigenvalue weighted by Gasteiger charge is -2.34. The van der Waals surface area contributed by atoms with E-state index in [2.05, 4.69) is 17.2 Å². The zero-order chi connectivity index (χ0) is 11.6. The van der Waals surface area contributed by atoms with Gasteiger partial charge in [0.25, 0.3) is 0 Å². The summed E-state index contributed by atoms with van der Waals surface area (Å²) in [7, 11) is 1.90. The van der Waals surface area contributed by atoms with Gasteiger partial charge in [-0.2, -0.15) is 0 Å². The summed E-state index contributed by atoms with van der Waals surface area (Å²) in [5.74, 6) is 0.872. The van der Waals surface area contributed by atoms with Gasteiger partial charge in [-0.3, -0.25) is 0 Å². The van der Waals surface area contributed by atoms with Crippen molar-refractivity contribution in [2.45, 2.75) is 32.0 Å². The molecule has 0 spiro atoms. The molecule has 1 aliphatic heterocycles. The summed E-state index contributed by atoms with van der Waals surface area (Å²) < 4.78 is 7.79. The molecular formula is C11H18ClN3O. The van der Waals surface area contributed by atoms with Crippen LogP contribution in [0.1, 0.15) is 25.6 Å². The van der Waals surface area contributed by atoms with Crippen LogP contribution in [0.25, 0.3) is 0 Å². The molecule has 1 N–H and O–H groups in total. The predicted molar refractivity (Wildman–Crippen MR) is 63.5 cm³/mol. The number of ether oxygens (including phenoxy) is 1. The fourth-order valence-electron chi connectivity index (χ4n) is 1.95. The molecule has 0 aliphatic carbocycles. The highest BCUT2D eigenvalue weighted by Gasteiger charge is 2.27. The average molecular weight is 244 g/mol. The summed E-state index contributed by atoms with van der Waals surface area (Å²) in [5, 5.41) is 4.00. The minimum Gasteiger partial charge on any atom is -0.366 e. The minimum absolute atomic E-state index is 0.0727. The van der Waals surface area contributed by atoms with Crippen LogP contribution in [0.4, 0.5) is 0 Å². The Bertz CT molecular complexity index is 358. The lowest BCUT2D eigenvalue weighted by Crippen LogP contribution is -2.45. The summed E-state index contributed by atoms with van der Waals surface area (Å²) in [6.07, 6.45) is 3.91. The zero-order valence-electron chi connectivity index (χ0n) is 9.79. The molecule has 1 saturated heterocycles. The SMILES string of the molecule is Cn1c(Cl)cnc1COC1(C)CCCNC1. The summed E-state index contributed by atoms with van der Waals surface area (Å²) in [6.45, 7) is 4.66. The Hall–Kier alpha value is -0.580. The fourth-order valence-corrected chi connectivity index (χ4v) is 2.10. The van der Waals surface area contributed by atoms with E-state index < -0.39 is 0 Å². The molecule has 1 fully saturated rings. The summed E-state index contributed by atoms with van der Waals surface area (Å²) in [6, 6.07) is 0. The molecule has 0 radical (unpaired) electrons. The molecule has 90 valence electrons. The number of nitrogens with one attached hydrogen (secondary N) is 1. The Labute approximate surface area is 101 Å². The van der Waals surface area contributed by atoms with Crippen LogP contribution in [0.15, 0.2) is 6.20 Å². The first kappa shape index (κ1) is 11.9. The van der Waals surface area contributed by atoms with Crippen molar-refractivity contribution in [3.8, 4) is 0 Å². The van der Waals surface area contributed by atoms with Gasteiger partial charge in [0, 0.05) is 13.6 Å². The third kappa shape index (κ3) is 2.56. The van der Waals surface area contributed by atoms with Gasteiger partial charge in [0.1, 0.15) is 17.6 Å². The van der Waals surface area contributed by atoms with Crippen molar-refractivity contribution >= 4 is 11.6 Å². The van der Waals surface area contributed by atoms with Crippen LogP contribution in [-0.4, -0.2) is 28.2 Å². The molecule has 1 aromatic heterocycles. The predicted octanol–water partition coefficient (Wildman–Crippen LogP) is 1.73. The second kappa shape index (κ2) is 4.73. The quantitative estimate of drug-likeness (QED) is 0.879. The van der Waals surface area contributed by atoms with Gasteiger partial charge < -0.3 is 14.6 Å². The van der Waals surface area contributed by atoms with Crippen LogP contribution in [0.2, 0.25) is 5.15 Å². The lowest BCUT2D eigenvalue weighted by molar-refractivity contribution is -0.0602. The van der Waals surface area contributed by atoms with Crippen LogP contribution in [0.5, 0.6) is 0 Å². The number of rotatable bonds is 3. The second-order valence-corrected chi connectivity index (χ2v) is 4.96. The zero-order valence-corrected chi connectivity index (χ0v) is 10.5. The topological polar surface area (TPSA) is 39.1 Å². The fraction of sp³-hybridized carbons (Fsp3) is 0.727. The van der Waals surface area contributed by atoms with E-state index in [1.165, 1.54) is 0 Å². The number of hydrogen-bond acceptors (Lipinski definition) is 3. The average Bonchev–Trinajstić information content (AvgIpc) is 2.58. The third-order valence-corrected chi connectivity index (χ3v) is 3.49. The van der Waals surface area contributed by atoms with Crippen molar-refractivity contribution in [1.29, 1.82) is 0 Å². The van der Waals surface area contributed by atoms with Crippen molar-refractivity contribution in [1.82, 2.24) is 14.9 Å². The Morgan fingerprint density at radius 1 is 1.69 bits per heavy atom.